The van der Waals surface area contributed by atoms with Crippen LogP contribution >= 0.6 is 0 Å². The molecule has 0 spiro atoms. The average molecular weight is 537 g/mol. The van der Waals surface area contributed by atoms with E-state index in [0.717, 1.165) is 0 Å². The fourth-order valence-corrected chi connectivity index (χ4v) is 4.26. The van der Waals surface area contributed by atoms with Crippen LogP contribution in [-0.2, 0) is 0 Å². The van der Waals surface area contributed by atoms with Gasteiger partial charge in [0.1, 0.15) is 0 Å². The van der Waals surface area contributed by atoms with E-state index in [1.165, 1.54) is 0 Å². The molecule has 0 unspecified atom stereocenters. The first-order valence-corrected chi connectivity index (χ1v) is 12.6. The molecule has 40 heavy (non-hydrogen) atoms. The summed E-state index contributed by atoms with van der Waals surface area (Å²) in [5.74, 6) is 1.13. The van der Waals surface area contributed by atoms with Crippen molar-refractivity contribution < 1.29 is 19.1 Å². The van der Waals surface area contributed by atoms with E-state index in [9.17, 15) is 9.59 Å². The molecule has 202 valence electrons. The van der Waals surface area contributed by atoms with Gasteiger partial charge in [-0.1, -0.05) is 18.2 Å². The maximum Gasteiger partial charge on any atom is 0.255 e. The third-order valence-corrected chi connectivity index (χ3v) is 6.16. The first-order valence-electron chi connectivity index (χ1n) is 12.6. The summed E-state index contributed by atoms with van der Waals surface area (Å²) >= 11 is 0. The van der Waals surface area contributed by atoms with Crippen molar-refractivity contribution in [3.63, 3.8) is 0 Å². The van der Waals surface area contributed by atoms with Gasteiger partial charge in [-0.25, -0.2) is 9.97 Å². The van der Waals surface area contributed by atoms with E-state index in [0.29, 0.717) is 63.3 Å². The standard InChI is InChI=1S/C30H28N6O4/c1-4-40-25-13-11-21(17-26(25)39-3)33-27-28-32-14-15-36(28)18-24(35-27)23-16-20(10-12-22(23)30(38)31-2)34-29(37)19-8-6-5-7-9-19/h5-18H,4H2,1-3H3,(H,31,38)(H,33,35)(H,34,37). The van der Waals surface area contributed by atoms with Crippen molar-refractivity contribution >= 4 is 34.7 Å². The van der Waals surface area contributed by atoms with Crippen molar-refractivity contribution in [2.24, 2.45) is 0 Å². The van der Waals surface area contributed by atoms with E-state index >= 15 is 0 Å². The first kappa shape index (κ1) is 26.2. The first-order chi connectivity index (χ1) is 19.5. The predicted octanol–water partition coefficient (Wildman–Crippen LogP) is 5.16. The van der Waals surface area contributed by atoms with Gasteiger partial charge in [-0.3, -0.25) is 9.59 Å². The summed E-state index contributed by atoms with van der Waals surface area (Å²) in [6.45, 7) is 2.42. The van der Waals surface area contributed by atoms with Crippen LogP contribution in [-0.4, -0.2) is 46.9 Å². The second kappa shape index (κ2) is 11.6. The molecule has 10 heteroatoms. The molecule has 0 saturated heterocycles. The van der Waals surface area contributed by atoms with E-state index in [4.69, 9.17) is 14.5 Å². The fourth-order valence-electron chi connectivity index (χ4n) is 4.26. The lowest BCUT2D eigenvalue weighted by Crippen LogP contribution is -2.19. The monoisotopic (exact) mass is 536 g/mol. The van der Waals surface area contributed by atoms with Crippen LogP contribution in [0.25, 0.3) is 16.9 Å². The molecule has 3 aromatic carbocycles. The minimum Gasteiger partial charge on any atom is -0.493 e. The summed E-state index contributed by atoms with van der Waals surface area (Å²) < 4.78 is 12.9. The topological polar surface area (TPSA) is 119 Å². The van der Waals surface area contributed by atoms with Crippen molar-refractivity contribution in [2.45, 2.75) is 6.92 Å². The molecule has 0 saturated carbocycles. The number of fused-ring (bicyclic) bond motifs is 1. The highest BCUT2D eigenvalue weighted by molar-refractivity contribution is 6.06. The van der Waals surface area contributed by atoms with Gasteiger partial charge in [0.05, 0.1) is 19.4 Å². The van der Waals surface area contributed by atoms with Crippen LogP contribution in [0.2, 0.25) is 0 Å². The Bertz CT molecular complexity index is 1680. The van der Waals surface area contributed by atoms with Gasteiger partial charge in [0, 0.05) is 59.8 Å². The van der Waals surface area contributed by atoms with Gasteiger partial charge in [0.25, 0.3) is 11.8 Å². The number of aromatic nitrogens is 3. The number of benzene rings is 3. The Kier molecular flexibility index (Phi) is 7.58. The number of anilines is 3. The predicted molar refractivity (Wildman–Crippen MR) is 154 cm³/mol. The lowest BCUT2D eigenvalue weighted by molar-refractivity contribution is 0.0963. The number of carbonyl (C=O) groups is 2. The third kappa shape index (κ3) is 5.41. The number of hydrogen-bond acceptors (Lipinski definition) is 7. The van der Waals surface area contributed by atoms with Crippen molar-refractivity contribution in [3.05, 3.63) is 96.4 Å². The normalized spacial score (nSPS) is 10.7. The molecule has 2 heterocycles. The second-order valence-electron chi connectivity index (χ2n) is 8.72. The Morgan fingerprint density at radius 2 is 1.75 bits per heavy atom. The Hall–Kier alpha value is -5.38. The lowest BCUT2D eigenvalue weighted by atomic mass is 10.0. The maximum atomic E-state index is 12.8. The molecule has 0 aliphatic heterocycles. The lowest BCUT2D eigenvalue weighted by Gasteiger charge is -2.15. The van der Waals surface area contributed by atoms with Gasteiger partial charge in [-0.2, -0.15) is 0 Å². The van der Waals surface area contributed by atoms with Gasteiger partial charge in [-0.15, -0.1) is 0 Å². The third-order valence-electron chi connectivity index (χ3n) is 6.16. The molecular formula is C30H28N6O4. The second-order valence-corrected chi connectivity index (χ2v) is 8.72. The van der Waals surface area contributed by atoms with Crippen LogP contribution in [0, 0.1) is 0 Å². The van der Waals surface area contributed by atoms with E-state index < -0.39 is 0 Å². The number of imidazole rings is 1. The average Bonchev–Trinajstić information content (AvgIpc) is 3.47. The van der Waals surface area contributed by atoms with Crippen molar-refractivity contribution in [2.75, 3.05) is 31.4 Å². The maximum absolute atomic E-state index is 12.8. The van der Waals surface area contributed by atoms with Gasteiger partial charge in [-0.05, 0) is 49.4 Å². The van der Waals surface area contributed by atoms with Gasteiger partial charge >= 0.3 is 0 Å². The van der Waals surface area contributed by atoms with Crippen LogP contribution in [0.4, 0.5) is 17.2 Å². The minimum atomic E-state index is -0.283. The van der Waals surface area contributed by atoms with Crippen molar-refractivity contribution in [1.82, 2.24) is 19.7 Å². The molecule has 0 radical (unpaired) electrons. The van der Waals surface area contributed by atoms with E-state index in [-0.39, 0.29) is 11.8 Å². The summed E-state index contributed by atoms with van der Waals surface area (Å²) in [5, 5.41) is 8.90. The molecule has 0 atom stereocenters. The molecule has 0 bridgehead atoms. The fraction of sp³-hybridized carbons (Fsp3) is 0.133. The zero-order valence-corrected chi connectivity index (χ0v) is 22.3. The Balaban J connectivity index is 1.56. The summed E-state index contributed by atoms with van der Waals surface area (Å²) in [5.41, 5.74) is 3.79. The number of nitrogens with zero attached hydrogens (tertiary/aromatic N) is 3. The smallest absolute Gasteiger partial charge is 0.255 e. The Labute approximate surface area is 231 Å². The Morgan fingerprint density at radius 3 is 2.50 bits per heavy atom. The molecule has 5 aromatic rings. The largest absolute Gasteiger partial charge is 0.493 e. The highest BCUT2D eigenvalue weighted by atomic mass is 16.5. The molecule has 2 amide bonds. The summed E-state index contributed by atoms with van der Waals surface area (Å²) in [7, 11) is 3.15. The Morgan fingerprint density at radius 1 is 0.950 bits per heavy atom. The summed E-state index contributed by atoms with van der Waals surface area (Å²) in [4.78, 5) is 34.9. The van der Waals surface area contributed by atoms with Crippen LogP contribution in [0.3, 0.4) is 0 Å². The molecular weight excluding hydrogens is 508 g/mol. The zero-order valence-electron chi connectivity index (χ0n) is 22.3. The highest BCUT2D eigenvalue weighted by Gasteiger charge is 2.18. The number of rotatable bonds is 9. The molecule has 3 N–H and O–H groups in total. The molecule has 0 aliphatic carbocycles. The van der Waals surface area contributed by atoms with Crippen molar-refractivity contribution in [1.29, 1.82) is 0 Å². The molecule has 10 nitrogen and oxygen atoms in total. The van der Waals surface area contributed by atoms with Crippen LogP contribution in [0.1, 0.15) is 27.6 Å². The number of hydrogen-bond donors (Lipinski definition) is 3. The highest BCUT2D eigenvalue weighted by Crippen LogP contribution is 2.33. The van der Waals surface area contributed by atoms with Crippen molar-refractivity contribution in [3.8, 4) is 22.8 Å². The summed E-state index contributed by atoms with van der Waals surface area (Å²) in [6.07, 6.45) is 5.25. The van der Waals surface area contributed by atoms with E-state index in [1.54, 1.807) is 75.2 Å². The molecule has 5 rings (SSSR count). The van der Waals surface area contributed by atoms with Gasteiger partial charge in [0.15, 0.2) is 23.0 Å². The number of ether oxygens (including phenoxy) is 2. The number of nitrogens with one attached hydrogen (secondary N) is 3. The molecule has 2 aromatic heterocycles. The van der Waals surface area contributed by atoms with Crippen LogP contribution in [0.15, 0.2) is 85.3 Å². The number of methoxy groups -OCH3 is 1. The molecule has 0 fully saturated rings. The molecule has 0 aliphatic rings. The summed E-state index contributed by atoms with van der Waals surface area (Å²) in [6, 6.07) is 19.5. The SMILES string of the molecule is CCOc1ccc(Nc2nc(-c3cc(NC(=O)c4ccccc4)ccc3C(=O)NC)cn3ccnc23)cc1OC. The van der Waals surface area contributed by atoms with E-state index in [2.05, 4.69) is 20.9 Å². The van der Waals surface area contributed by atoms with E-state index in [1.807, 2.05) is 35.6 Å². The van der Waals surface area contributed by atoms with Gasteiger partial charge in [0.2, 0.25) is 0 Å². The zero-order chi connectivity index (χ0) is 28.1. The minimum absolute atomic E-state index is 0.260. The number of amides is 2. The number of carbonyl (C=O) groups excluding carboxylic acids is 2. The van der Waals surface area contributed by atoms with Crippen LogP contribution in [0.5, 0.6) is 11.5 Å². The van der Waals surface area contributed by atoms with Gasteiger partial charge < -0.3 is 29.8 Å². The van der Waals surface area contributed by atoms with Crippen LogP contribution < -0.4 is 25.4 Å². The quantitative estimate of drug-likeness (QED) is 0.238.